The Kier molecular flexibility index (Phi) is 3.31. The number of aromatic amines is 1. The highest BCUT2D eigenvalue weighted by Gasteiger charge is 2.24. The summed E-state index contributed by atoms with van der Waals surface area (Å²) in [4.78, 5) is 12.2. The van der Waals surface area contributed by atoms with E-state index in [4.69, 9.17) is 0 Å². The SMILES string of the molecule is O=c1c(Br)c(C2CCCC2)[nH]n1-c1cccc(F)c1. The van der Waals surface area contributed by atoms with E-state index in [-0.39, 0.29) is 11.4 Å². The van der Waals surface area contributed by atoms with Crippen molar-refractivity contribution in [3.05, 3.63) is 50.6 Å². The van der Waals surface area contributed by atoms with Crippen molar-refractivity contribution in [1.29, 1.82) is 0 Å². The predicted molar refractivity (Wildman–Crippen MR) is 75.3 cm³/mol. The molecular weight excluding hydrogens is 311 g/mol. The molecule has 1 heterocycles. The number of rotatable bonds is 2. The lowest BCUT2D eigenvalue weighted by molar-refractivity contribution is 0.623. The lowest BCUT2D eigenvalue weighted by Crippen LogP contribution is -2.14. The Hall–Kier alpha value is -1.36. The summed E-state index contributed by atoms with van der Waals surface area (Å²) in [6.45, 7) is 0. The van der Waals surface area contributed by atoms with E-state index in [0.29, 0.717) is 16.1 Å². The van der Waals surface area contributed by atoms with Gasteiger partial charge in [0.05, 0.1) is 11.4 Å². The zero-order chi connectivity index (χ0) is 13.4. The molecule has 1 aromatic heterocycles. The van der Waals surface area contributed by atoms with Crippen molar-refractivity contribution in [3.8, 4) is 5.69 Å². The molecule has 3 nitrogen and oxygen atoms in total. The van der Waals surface area contributed by atoms with E-state index < -0.39 is 0 Å². The van der Waals surface area contributed by atoms with Crippen LogP contribution in [0.4, 0.5) is 4.39 Å². The van der Waals surface area contributed by atoms with E-state index in [0.717, 1.165) is 18.5 Å². The summed E-state index contributed by atoms with van der Waals surface area (Å²) in [5.74, 6) is 0.0504. The maximum Gasteiger partial charge on any atom is 0.285 e. The van der Waals surface area contributed by atoms with Gasteiger partial charge in [-0.15, -0.1) is 0 Å². The van der Waals surface area contributed by atoms with Gasteiger partial charge in [-0.2, -0.15) is 0 Å². The molecule has 0 saturated heterocycles. The fraction of sp³-hybridized carbons (Fsp3) is 0.357. The van der Waals surface area contributed by atoms with Crippen LogP contribution in [0.5, 0.6) is 0 Å². The third-order valence-electron chi connectivity index (χ3n) is 3.69. The third kappa shape index (κ3) is 2.27. The molecule has 19 heavy (non-hydrogen) atoms. The highest BCUT2D eigenvalue weighted by molar-refractivity contribution is 9.10. The fourth-order valence-electron chi connectivity index (χ4n) is 2.72. The minimum atomic E-state index is -0.350. The maximum absolute atomic E-state index is 13.3. The van der Waals surface area contributed by atoms with Gasteiger partial charge in [0.1, 0.15) is 10.3 Å². The normalized spacial score (nSPS) is 16.1. The van der Waals surface area contributed by atoms with Crippen LogP contribution in [0.15, 0.2) is 33.5 Å². The molecule has 0 bridgehead atoms. The lowest BCUT2D eigenvalue weighted by atomic mass is 10.1. The molecule has 5 heteroatoms. The van der Waals surface area contributed by atoms with Gasteiger partial charge in [-0.05, 0) is 47.0 Å². The Labute approximate surface area is 118 Å². The first-order valence-electron chi connectivity index (χ1n) is 6.43. The Morgan fingerprint density at radius 2 is 2.05 bits per heavy atom. The van der Waals surface area contributed by atoms with Gasteiger partial charge in [0.15, 0.2) is 0 Å². The van der Waals surface area contributed by atoms with Crippen LogP contribution in [0.25, 0.3) is 5.69 Å². The number of hydrogen-bond donors (Lipinski definition) is 1. The molecule has 0 aliphatic heterocycles. The van der Waals surface area contributed by atoms with Crippen molar-refractivity contribution in [2.45, 2.75) is 31.6 Å². The maximum atomic E-state index is 13.3. The summed E-state index contributed by atoms with van der Waals surface area (Å²) in [5.41, 5.74) is 1.30. The van der Waals surface area contributed by atoms with E-state index in [2.05, 4.69) is 21.0 Å². The van der Waals surface area contributed by atoms with Gasteiger partial charge in [0.25, 0.3) is 5.56 Å². The summed E-state index contributed by atoms with van der Waals surface area (Å²) < 4.78 is 15.2. The number of H-pyrrole nitrogens is 1. The fourth-order valence-corrected chi connectivity index (χ4v) is 3.31. The second kappa shape index (κ2) is 4.96. The molecule has 0 atom stereocenters. The van der Waals surface area contributed by atoms with Crippen molar-refractivity contribution in [3.63, 3.8) is 0 Å². The van der Waals surface area contributed by atoms with Gasteiger partial charge in [-0.3, -0.25) is 9.89 Å². The number of nitrogens with one attached hydrogen (secondary N) is 1. The first-order valence-corrected chi connectivity index (χ1v) is 7.22. The quantitative estimate of drug-likeness (QED) is 0.898. The van der Waals surface area contributed by atoms with Gasteiger partial charge in [-0.1, -0.05) is 18.9 Å². The van der Waals surface area contributed by atoms with Crippen molar-refractivity contribution >= 4 is 15.9 Å². The summed E-state index contributed by atoms with van der Waals surface area (Å²) in [7, 11) is 0. The van der Waals surface area contributed by atoms with Crippen molar-refractivity contribution < 1.29 is 4.39 Å². The molecule has 0 spiro atoms. The Balaban J connectivity index is 2.08. The smallest absolute Gasteiger partial charge is 0.285 e. The molecule has 0 unspecified atom stereocenters. The minimum Gasteiger partial charge on any atom is -0.294 e. The monoisotopic (exact) mass is 324 g/mol. The summed E-state index contributed by atoms with van der Waals surface area (Å²) in [6, 6.07) is 6.03. The van der Waals surface area contributed by atoms with Crippen LogP contribution < -0.4 is 5.56 Å². The Morgan fingerprint density at radius 3 is 2.74 bits per heavy atom. The molecule has 1 aliphatic carbocycles. The Bertz CT molecular complexity index is 656. The van der Waals surface area contributed by atoms with Crippen molar-refractivity contribution in [1.82, 2.24) is 9.78 Å². The molecule has 1 N–H and O–H groups in total. The van der Waals surface area contributed by atoms with Gasteiger partial charge < -0.3 is 0 Å². The van der Waals surface area contributed by atoms with E-state index in [1.54, 1.807) is 12.1 Å². The second-order valence-electron chi connectivity index (χ2n) is 4.94. The van der Waals surface area contributed by atoms with Crippen LogP contribution in [0.1, 0.15) is 37.3 Å². The first kappa shape index (κ1) is 12.7. The molecule has 0 radical (unpaired) electrons. The van der Waals surface area contributed by atoms with Crippen molar-refractivity contribution in [2.75, 3.05) is 0 Å². The summed E-state index contributed by atoms with van der Waals surface area (Å²) in [5, 5.41) is 3.13. The van der Waals surface area contributed by atoms with Crippen LogP contribution >= 0.6 is 15.9 Å². The number of nitrogens with zero attached hydrogens (tertiary/aromatic N) is 1. The summed E-state index contributed by atoms with van der Waals surface area (Å²) >= 11 is 3.37. The van der Waals surface area contributed by atoms with Crippen LogP contribution in [0.3, 0.4) is 0 Å². The van der Waals surface area contributed by atoms with Crippen LogP contribution in [0.2, 0.25) is 0 Å². The number of hydrogen-bond acceptors (Lipinski definition) is 1. The number of aromatic nitrogens is 2. The highest BCUT2D eigenvalue weighted by Crippen LogP contribution is 2.35. The molecule has 1 fully saturated rings. The predicted octanol–water partition coefficient (Wildman–Crippen LogP) is 3.72. The molecule has 1 aliphatic rings. The molecular formula is C14H14BrFN2O. The number of halogens is 2. The van der Waals surface area contributed by atoms with E-state index in [1.165, 1.54) is 29.7 Å². The molecule has 3 rings (SSSR count). The second-order valence-corrected chi connectivity index (χ2v) is 5.73. The first-order chi connectivity index (χ1) is 9.16. The molecule has 1 saturated carbocycles. The third-order valence-corrected chi connectivity index (χ3v) is 4.46. The van der Waals surface area contributed by atoms with Gasteiger partial charge in [-0.25, -0.2) is 9.07 Å². The number of benzene rings is 1. The Morgan fingerprint density at radius 1 is 1.32 bits per heavy atom. The van der Waals surface area contributed by atoms with Crippen LogP contribution in [-0.2, 0) is 0 Å². The topological polar surface area (TPSA) is 37.8 Å². The van der Waals surface area contributed by atoms with E-state index >= 15 is 0 Å². The molecule has 1 aromatic carbocycles. The van der Waals surface area contributed by atoms with Gasteiger partial charge in [0, 0.05) is 5.92 Å². The zero-order valence-electron chi connectivity index (χ0n) is 10.3. The average Bonchev–Trinajstić information content (AvgIpc) is 3.00. The average molecular weight is 325 g/mol. The highest BCUT2D eigenvalue weighted by atomic mass is 79.9. The lowest BCUT2D eigenvalue weighted by Gasteiger charge is -2.07. The molecule has 2 aromatic rings. The zero-order valence-corrected chi connectivity index (χ0v) is 11.9. The largest absolute Gasteiger partial charge is 0.294 e. The van der Waals surface area contributed by atoms with Gasteiger partial charge in [0.2, 0.25) is 0 Å². The standard InChI is InChI=1S/C14H14BrFN2O/c15-12-13(9-4-1-2-5-9)17-18(14(12)19)11-7-3-6-10(16)8-11/h3,6-9,17H,1-2,4-5H2. The van der Waals surface area contributed by atoms with Gasteiger partial charge >= 0.3 is 0 Å². The molecule has 0 amide bonds. The minimum absolute atomic E-state index is 0.160. The van der Waals surface area contributed by atoms with E-state index in [1.807, 2.05) is 0 Å². The van der Waals surface area contributed by atoms with Crippen LogP contribution in [0, 0.1) is 5.82 Å². The summed E-state index contributed by atoms with van der Waals surface area (Å²) in [6.07, 6.45) is 4.60. The van der Waals surface area contributed by atoms with E-state index in [9.17, 15) is 9.18 Å². The molecule has 100 valence electrons. The van der Waals surface area contributed by atoms with Crippen molar-refractivity contribution in [2.24, 2.45) is 0 Å². The van der Waals surface area contributed by atoms with Crippen LogP contribution in [-0.4, -0.2) is 9.78 Å².